The molecule has 0 aromatic carbocycles. The van der Waals surface area contributed by atoms with Gasteiger partial charge in [0.25, 0.3) is 0 Å². The molecule has 1 rings (SSSR count). The summed E-state index contributed by atoms with van der Waals surface area (Å²) in [5.74, 6) is -0.903. The predicted molar refractivity (Wildman–Crippen MR) is 55.5 cm³/mol. The molecular formula is C10H18N2O3. The van der Waals surface area contributed by atoms with Gasteiger partial charge in [0.05, 0.1) is 12.5 Å². The largest absolute Gasteiger partial charge is 0.481 e. The number of hydrogen-bond donors (Lipinski definition) is 3. The molecule has 3 N–H and O–H groups in total. The van der Waals surface area contributed by atoms with Crippen LogP contribution in [0, 0.1) is 0 Å². The van der Waals surface area contributed by atoms with Crippen molar-refractivity contribution < 1.29 is 14.7 Å². The minimum atomic E-state index is -0.857. The lowest BCUT2D eigenvalue weighted by molar-refractivity contribution is -0.137. The van der Waals surface area contributed by atoms with Crippen LogP contribution in [0.4, 0.5) is 0 Å². The van der Waals surface area contributed by atoms with Crippen molar-refractivity contribution in [3.63, 3.8) is 0 Å². The molecule has 1 saturated carbocycles. The van der Waals surface area contributed by atoms with E-state index in [-0.39, 0.29) is 24.4 Å². The van der Waals surface area contributed by atoms with Gasteiger partial charge in [0.1, 0.15) is 0 Å². The molecule has 0 aliphatic heterocycles. The van der Waals surface area contributed by atoms with Crippen LogP contribution in [0.1, 0.15) is 33.1 Å². The molecule has 0 bridgehead atoms. The number of carbonyl (C=O) groups is 2. The van der Waals surface area contributed by atoms with E-state index in [9.17, 15) is 9.59 Å². The number of hydrogen-bond acceptors (Lipinski definition) is 3. The van der Waals surface area contributed by atoms with E-state index in [1.165, 1.54) is 0 Å². The van der Waals surface area contributed by atoms with E-state index in [0.29, 0.717) is 6.04 Å². The van der Waals surface area contributed by atoms with Gasteiger partial charge < -0.3 is 15.7 Å². The maximum atomic E-state index is 11.5. The standard InChI is InChI=1S/C10H18N2O3/c1-6(5-9(13)14)11-7(2)10(15)12-8-3-4-8/h6-8,11H,3-5H2,1-2H3,(H,12,15)(H,13,14). The smallest absolute Gasteiger partial charge is 0.304 e. The van der Waals surface area contributed by atoms with Gasteiger partial charge in [0.2, 0.25) is 5.91 Å². The van der Waals surface area contributed by atoms with Crippen LogP contribution in [0.2, 0.25) is 0 Å². The zero-order valence-corrected chi connectivity index (χ0v) is 9.12. The van der Waals surface area contributed by atoms with E-state index in [4.69, 9.17) is 5.11 Å². The monoisotopic (exact) mass is 214 g/mol. The summed E-state index contributed by atoms with van der Waals surface area (Å²) >= 11 is 0. The zero-order valence-electron chi connectivity index (χ0n) is 9.12. The summed E-state index contributed by atoms with van der Waals surface area (Å²) in [5, 5.41) is 14.4. The predicted octanol–water partition coefficient (Wildman–Crippen LogP) is 0.106. The highest BCUT2D eigenvalue weighted by atomic mass is 16.4. The van der Waals surface area contributed by atoms with Crippen LogP contribution in [0.15, 0.2) is 0 Å². The molecule has 2 atom stereocenters. The topological polar surface area (TPSA) is 78.4 Å². The molecule has 1 amide bonds. The molecule has 1 aliphatic rings. The van der Waals surface area contributed by atoms with Gasteiger partial charge in [0, 0.05) is 12.1 Å². The molecule has 86 valence electrons. The maximum Gasteiger partial charge on any atom is 0.304 e. The zero-order chi connectivity index (χ0) is 11.4. The van der Waals surface area contributed by atoms with Crippen molar-refractivity contribution in [3.8, 4) is 0 Å². The molecule has 1 aliphatic carbocycles. The number of aliphatic carboxylic acids is 1. The van der Waals surface area contributed by atoms with Crippen LogP contribution in [-0.2, 0) is 9.59 Å². The lowest BCUT2D eigenvalue weighted by Crippen LogP contribution is -2.46. The summed E-state index contributed by atoms with van der Waals surface area (Å²) in [6, 6.07) is -0.182. The number of nitrogens with one attached hydrogen (secondary N) is 2. The highest BCUT2D eigenvalue weighted by molar-refractivity contribution is 5.82. The first-order chi connectivity index (χ1) is 6.99. The summed E-state index contributed by atoms with van der Waals surface area (Å²) < 4.78 is 0. The molecule has 1 fully saturated rings. The SMILES string of the molecule is CC(CC(=O)O)NC(C)C(=O)NC1CC1. The lowest BCUT2D eigenvalue weighted by atomic mass is 10.2. The first-order valence-corrected chi connectivity index (χ1v) is 5.27. The van der Waals surface area contributed by atoms with Gasteiger partial charge in [-0.05, 0) is 26.7 Å². The highest BCUT2D eigenvalue weighted by Gasteiger charge is 2.26. The Morgan fingerprint density at radius 3 is 2.47 bits per heavy atom. The van der Waals surface area contributed by atoms with Crippen molar-refractivity contribution in [1.29, 1.82) is 0 Å². The van der Waals surface area contributed by atoms with E-state index >= 15 is 0 Å². The van der Waals surface area contributed by atoms with Crippen LogP contribution >= 0.6 is 0 Å². The maximum absolute atomic E-state index is 11.5. The number of carboxylic acid groups (broad SMARTS) is 1. The fourth-order valence-corrected chi connectivity index (χ4v) is 1.38. The van der Waals surface area contributed by atoms with Gasteiger partial charge in [-0.25, -0.2) is 0 Å². The third-order valence-electron chi connectivity index (χ3n) is 2.33. The van der Waals surface area contributed by atoms with Crippen molar-refractivity contribution in [2.24, 2.45) is 0 Å². The number of rotatable bonds is 6. The first-order valence-electron chi connectivity index (χ1n) is 5.27. The second-order valence-electron chi connectivity index (χ2n) is 4.17. The second kappa shape index (κ2) is 5.11. The Balaban J connectivity index is 2.23. The van der Waals surface area contributed by atoms with Crippen LogP contribution in [0.5, 0.6) is 0 Å². The lowest BCUT2D eigenvalue weighted by Gasteiger charge is -2.18. The second-order valence-corrected chi connectivity index (χ2v) is 4.17. The molecule has 0 radical (unpaired) electrons. The molecule has 2 unspecified atom stereocenters. The average Bonchev–Trinajstić information content (AvgIpc) is 2.86. The van der Waals surface area contributed by atoms with Crippen molar-refractivity contribution in [2.75, 3.05) is 0 Å². The molecule has 5 nitrogen and oxygen atoms in total. The number of carbonyl (C=O) groups excluding carboxylic acids is 1. The molecule has 0 spiro atoms. The summed E-state index contributed by atoms with van der Waals surface area (Å²) in [4.78, 5) is 21.9. The third kappa shape index (κ3) is 4.78. The van der Waals surface area contributed by atoms with Crippen LogP contribution in [0.3, 0.4) is 0 Å². The number of carboxylic acids is 1. The Morgan fingerprint density at radius 2 is 2.00 bits per heavy atom. The van der Waals surface area contributed by atoms with Gasteiger partial charge in [0.15, 0.2) is 0 Å². The minimum absolute atomic E-state index is 0.0288. The Bertz CT molecular complexity index is 251. The van der Waals surface area contributed by atoms with Gasteiger partial charge in [-0.1, -0.05) is 0 Å². The van der Waals surface area contributed by atoms with Gasteiger partial charge >= 0.3 is 5.97 Å². The Morgan fingerprint density at radius 1 is 1.40 bits per heavy atom. The van der Waals surface area contributed by atoms with E-state index in [0.717, 1.165) is 12.8 Å². The number of amides is 1. The first kappa shape index (κ1) is 12.0. The van der Waals surface area contributed by atoms with E-state index in [1.54, 1.807) is 13.8 Å². The van der Waals surface area contributed by atoms with Gasteiger partial charge in [-0.3, -0.25) is 9.59 Å². The van der Waals surface area contributed by atoms with Crippen LogP contribution < -0.4 is 10.6 Å². The van der Waals surface area contributed by atoms with Crippen molar-refractivity contribution in [3.05, 3.63) is 0 Å². The third-order valence-corrected chi connectivity index (χ3v) is 2.33. The van der Waals surface area contributed by atoms with Crippen LogP contribution in [0.25, 0.3) is 0 Å². The Kier molecular flexibility index (Phi) is 4.08. The molecule has 0 aromatic heterocycles. The van der Waals surface area contributed by atoms with Gasteiger partial charge in [-0.15, -0.1) is 0 Å². The van der Waals surface area contributed by atoms with Crippen molar-refractivity contribution in [1.82, 2.24) is 10.6 Å². The molecule has 5 heteroatoms. The van der Waals surface area contributed by atoms with E-state index < -0.39 is 5.97 Å². The molecular weight excluding hydrogens is 196 g/mol. The highest BCUT2D eigenvalue weighted by Crippen LogP contribution is 2.18. The molecule has 0 heterocycles. The average molecular weight is 214 g/mol. The normalized spacial score (nSPS) is 19.3. The Labute approximate surface area is 89.2 Å². The minimum Gasteiger partial charge on any atom is -0.481 e. The van der Waals surface area contributed by atoms with Gasteiger partial charge in [-0.2, -0.15) is 0 Å². The summed E-state index contributed by atoms with van der Waals surface area (Å²) in [5.41, 5.74) is 0. The fraction of sp³-hybridized carbons (Fsp3) is 0.800. The molecule has 0 saturated heterocycles. The van der Waals surface area contributed by atoms with Crippen molar-refractivity contribution >= 4 is 11.9 Å². The summed E-state index contributed by atoms with van der Waals surface area (Å²) in [7, 11) is 0. The van der Waals surface area contributed by atoms with Crippen molar-refractivity contribution in [2.45, 2.75) is 51.2 Å². The summed E-state index contributed by atoms with van der Waals surface area (Å²) in [6.45, 7) is 3.51. The Hall–Kier alpha value is -1.10. The molecule has 0 aromatic rings. The molecule has 15 heavy (non-hydrogen) atoms. The summed E-state index contributed by atoms with van der Waals surface area (Å²) in [6.07, 6.45) is 2.15. The quantitative estimate of drug-likeness (QED) is 0.586. The fourth-order valence-electron chi connectivity index (χ4n) is 1.38. The van der Waals surface area contributed by atoms with Crippen LogP contribution in [-0.4, -0.2) is 35.1 Å². The van der Waals surface area contributed by atoms with E-state index in [2.05, 4.69) is 10.6 Å². The van der Waals surface area contributed by atoms with E-state index in [1.807, 2.05) is 0 Å².